The van der Waals surface area contributed by atoms with Crippen molar-refractivity contribution in [1.82, 2.24) is 0 Å². The topological polar surface area (TPSA) is 61.8 Å². The van der Waals surface area contributed by atoms with Gasteiger partial charge in [-0.1, -0.05) is 249 Å². The molecule has 0 amide bonds. The summed E-state index contributed by atoms with van der Waals surface area (Å²) in [6, 6.07) is 0. The van der Waals surface area contributed by atoms with Crippen molar-refractivity contribution in [1.29, 1.82) is 0 Å². The summed E-state index contributed by atoms with van der Waals surface area (Å²) in [5.41, 5.74) is 0. The average Bonchev–Trinajstić information content (AvgIpc) is 3.30. The number of esters is 2. The van der Waals surface area contributed by atoms with E-state index in [1.54, 1.807) is 0 Å². The Labute approximate surface area is 399 Å². The third kappa shape index (κ3) is 52.5. The van der Waals surface area contributed by atoms with Crippen LogP contribution in [0.15, 0.2) is 48.6 Å². The van der Waals surface area contributed by atoms with Gasteiger partial charge in [-0.3, -0.25) is 9.59 Å². The van der Waals surface area contributed by atoms with Crippen LogP contribution in [0.2, 0.25) is 0 Å². The van der Waals surface area contributed by atoms with Crippen LogP contribution in [-0.4, -0.2) is 37.9 Å². The van der Waals surface area contributed by atoms with E-state index in [4.69, 9.17) is 14.2 Å². The van der Waals surface area contributed by atoms with E-state index in [0.29, 0.717) is 19.4 Å². The first-order chi connectivity index (χ1) is 31.6. The summed E-state index contributed by atoms with van der Waals surface area (Å²) in [5.74, 6) is -0.449. The Morgan fingerprint density at radius 1 is 0.344 bits per heavy atom. The van der Waals surface area contributed by atoms with Gasteiger partial charge in [-0.25, -0.2) is 0 Å². The second-order valence-electron chi connectivity index (χ2n) is 18.8. The van der Waals surface area contributed by atoms with E-state index in [-0.39, 0.29) is 25.2 Å². The van der Waals surface area contributed by atoms with Crippen LogP contribution in [0.25, 0.3) is 0 Å². The maximum absolute atomic E-state index is 12.8. The first-order valence-corrected chi connectivity index (χ1v) is 28.2. The minimum absolute atomic E-state index is 0.0611. The molecule has 64 heavy (non-hydrogen) atoms. The molecule has 0 spiro atoms. The highest BCUT2D eigenvalue weighted by Crippen LogP contribution is 2.15. The zero-order valence-electron chi connectivity index (χ0n) is 43.1. The predicted octanol–water partition coefficient (Wildman–Crippen LogP) is 19.1. The van der Waals surface area contributed by atoms with Gasteiger partial charge in [0.05, 0.1) is 6.61 Å². The summed E-state index contributed by atoms with van der Waals surface area (Å²) in [7, 11) is 0. The molecule has 0 aromatic heterocycles. The summed E-state index contributed by atoms with van der Waals surface area (Å²) in [4.78, 5) is 25.4. The van der Waals surface area contributed by atoms with Crippen LogP contribution in [0.4, 0.5) is 0 Å². The van der Waals surface area contributed by atoms with Crippen molar-refractivity contribution in [3.05, 3.63) is 48.6 Å². The molecular weight excluding hydrogens is 789 g/mol. The fourth-order valence-corrected chi connectivity index (χ4v) is 8.11. The monoisotopic (exact) mass is 897 g/mol. The number of hydrogen-bond donors (Lipinski definition) is 0. The molecule has 0 saturated heterocycles. The van der Waals surface area contributed by atoms with E-state index in [1.165, 1.54) is 199 Å². The molecule has 0 aromatic rings. The van der Waals surface area contributed by atoms with Crippen LogP contribution in [0.5, 0.6) is 0 Å². The number of rotatable bonds is 52. The third-order valence-electron chi connectivity index (χ3n) is 12.3. The van der Waals surface area contributed by atoms with Gasteiger partial charge < -0.3 is 14.2 Å². The molecule has 0 fully saturated rings. The van der Waals surface area contributed by atoms with Gasteiger partial charge in [-0.15, -0.1) is 0 Å². The molecule has 0 rings (SSSR count). The van der Waals surface area contributed by atoms with Crippen molar-refractivity contribution in [2.45, 2.75) is 297 Å². The van der Waals surface area contributed by atoms with Crippen molar-refractivity contribution >= 4 is 11.9 Å². The van der Waals surface area contributed by atoms with Crippen LogP contribution in [0.3, 0.4) is 0 Å². The normalized spacial score (nSPS) is 12.5. The summed E-state index contributed by atoms with van der Waals surface area (Å²) in [6.07, 6.45) is 68.5. The fraction of sp³-hybridized carbons (Fsp3) is 0.831. The van der Waals surface area contributed by atoms with Crippen LogP contribution in [0.1, 0.15) is 290 Å². The second kappa shape index (κ2) is 55.2. The Morgan fingerprint density at radius 3 is 1.12 bits per heavy atom. The molecule has 0 aliphatic rings. The number of allylic oxidation sites excluding steroid dienone is 8. The van der Waals surface area contributed by atoms with E-state index in [2.05, 4.69) is 69.4 Å². The minimum atomic E-state index is -0.556. The fourth-order valence-electron chi connectivity index (χ4n) is 8.11. The Balaban J connectivity index is 4.32. The smallest absolute Gasteiger partial charge is 0.306 e. The average molecular weight is 898 g/mol. The molecule has 374 valence electrons. The maximum Gasteiger partial charge on any atom is 0.306 e. The largest absolute Gasteiger partial charge is 0.462 e. The minimum Gasteiger partial charge on any atom is -0.462 e. The lowest BCUT2D eigenvalue weighted by molar-refractivity contribution is -0.163. The summed E-state index contributed by atoms with van der Waals surface area (Å²) < 4.78 is 17.4. The molecule has 5 heteroatoms. The van der Waals surface area contributed by atoms with Crippen molar-refractivity contribution in [3.63, 3.8) is 0 Å². The van der Waals surface area contributed by atoms with Gasteiger partial charge in [0.2, 0.25) is 0 Å². The van der Waals surface area contributed by atoms with Gasteiger partial charge >= 0.3 is 11.9 Å². The maximum atomic E-state index is 12.8. The summed E-state index contributed by atoms with van der Waals surface area (Å²) in [6.45, 7) is 7.80. The quantitative estimate of drug-likeness (QED) is 0.0346. The lowest BCUT2D eigenvalue weighted by Crippen LogP contribution is -2.30. The lowest BCUT2D eigenvalue weighted by atomic mass is 10.0. The highest BCUT2D eigenvalue weighted by atomic mass is 16.6. The van der Waals surface area contributed by atoms with E-state index < -0.39 is 6.10 Å². The second-order valence-corrected chi connectivity index (χ2v) is 18.8. The van der Waals surface area contributed by atoms with Crippen LogP contribution in [-0.2, 0) is 23.8 Å². The predicted molar refractivity (Wildman–Crippen MR) is 279 cm³/mol. The van der Waals surface area contributed by atoms with Gasteiger partial charge in [0, 0.05) is 19.4 Å². The molecule has 0 radical (unpaired) electrons. The van der Waals surface area contributed by atoms with E-state index in [0.717, 1.165) is 57.8 Å². The molecule has 0 aromatic carbocycles. The van der Waals surface area contributed by atoms with Gasteiger partial charge in [0.1, 0.15) is 6.61 Å². The first-order valence-electron chi connectivity index (χ1n) is 28.2. The molecule has 0 heterocycles. The van der Waals surface area contributed by atoms with Gasteiger partial charge in [0.25, 0.3) is 0 Å². The van der Waals surface area contributed by atoms with Gasteiger partial charge in [0.15, 0.2) is 6.10 Å². The molecule has 1 atom stereocenters. The van der Waals surface area contributed by atoms with Gasteiger partial charge in [-0.05, 0) is 77.0 Å². The molecule has 0 aliphatic heterocycles. The van der Waals surface area contributed by atoms with Crippen molar-refractivity contribution in [2.75, 3.05) is 19.8 Å². The molecule has 0 N–H and O–H groups in total. The zero-order chi connectivity index (χ0) is 46.3. The highest BCUT2D eigenvalue weighted by Gasteiger charge is 2.17. The Hall–Kier alpha value is -2.14. The Morgan fingerprint density at radius 2 is 0.672 bits per heavy atom. The number of hydrogen-bond acceptors (Lipinski definition) is 5. The Bertz CT molecular complexity index is 1060. The molecule has 0 unspecified atom stereocenters. The standard InChI is InChI=1S/C59H108O5/c1-4-7-10-13-16-19-22-25-28-30-32-34-37-40-43-46-49-52-58(60)63-56-57(55-62-54-51-48-45-42-39-36-33-29-26-23-20-17-14-11-8-5-2)64-59(61)53-50-47-44-41-38-35-31-27-24-21-18-15-12-9-6-3/h21,24-25,28,32,34,40,43,57H,4-20,22-23,26-27,29-31,33,35-39,41-42,44-56H2,1-3H3/b24-21-,28-25-,34-32-,43-40-/t57-/m1/s1. The van der Waals surface area contributed by atoms with E-state index in [1.807, 2.05) is 0 Å². The van der Waals surface area contributed by atoms with E-state index in [9.17, 15) is 9.59 Å². The van der Waals surface area contributed by atoms with Crippen LogP contribution >= 0.6 is 0 Å². The molecule has 5 nitrogen and oxygen atoms in total. The highest BCUT2D eigenvalue weighted by molar-refractivity contribution is 5.70. The van der Waals surface area contributed by atoms with Gasteiger partial charge in [-0.2, -0.15) is 0 Å². The van der Waals surface area contributed by atoms with Crippen LogP contribution < -0.4 is 0 Å². The number of carbonyl (C=O) groups excluding carboxylic acids is 2. The number of carbonyl (C=O) groups is 2. The van der Waals surface area contributed by atoms with Crippen LogP contribution in [0, 0.1) is 0 Å². The Kier molecular flexibility index (Phi) is 53.3. The van der Waals surface area contributed by atoms with Crippen molar-refractivity contribution < 1.29 is 23.8 Å². The molecule has 0 saturated carbocycles. The van der Waals surface area contributed by atoms with Crippen molar-refractivity contribution in [3.8, 4) is 0 Å². The third-order valence-corrected chi connectivity index (χ3v) is 12.3. The molecular formula is C59H108O5. The van der Waals surface area contributed by atoms with E-state index >= 15 is 0 Å². The van der Waals surface area contributed by atoms with Crippen molar-refractivity contribution in [2.24, 2.45) is 0 Å². The molecule has 0 bridgehead atoms. The SMILES string of the molecule is CCCCCC/C=C\CCCCCCCCCC(=O)O[C@H](COCCCCCCCCCCCCCCCCCC)COC(=O)CCC/C=C\C/C=C\C/C=C\CCCCCCCC. The first kappa shape index (κ1) is 61.9. The summed E-state index contributed by atoms with van der Waals surface area (Å²) >= 11 is 0. The molecule has 0 aliphatic carbocycles. The summed E-state index contributed by atoms with van der Waals surface area (Å²) in [5, 5.41) is 0. The number of unbranched alkanes of at least 4 members (excludes halogenated alkanes) is 33. The lowest BCUT2D eigenvalue weighted by Gasteiger charge is -2.18. The zero-order valence-corrected chi connectivity index (χ0v) is 43.1. The number of ether oxygens (including phenoxy) is 3.